The quantitative estimate of drug-likeness (QED) is 0.130. The summed E-state index contributed by atoms with van der Waals surface area (Å²) in [5, 5.41) is 19.6. The van der Waals surface area contributed by atoms with Crippen molar-refractivity contribution < 1.29 is 78.4 Å². The summed E-state index contributed by atoms with van der Waals surface area (Å²) in [5.74, 6) is -1.97. The number of nitrogens with zero attached hydrogens (tertiary/aromatic N) is 4. The van der Waals surface area contributed by atoms with Crippen LogP contribution < -0.4 is 50.8 Å². The fraction of sp³-hybridized carbons (Fsp3) is 0.371. The molecule has 0 bridgehead atoms. The Hall–Kier alpha value is -5.30. The Morgan fingerprint density at radius 2 is 0.815 bits per heavy atom. The number of ether oxygens (including phenoxy) is 2. The van der Waals surface area contributed by atoms with E-state index in [0.29, 0.717) is 34.1 Å². The Labute approximate surface area is 334 Å². The number of carbonyl (C=O) groups excluding carboxylic acids is 5. The van der Waals surface area contributed by atoms with Crippen LogP contribution in [0.2, 0.25) is 0 Å². The molecule has 0 unspecified atom stereocenters. The molecule has 0 saturated carbocycles. The fourth-order valence-corrected chi connectivity index (χ4v) is 4.78. The predicted octanol–water partition coefficient (Wildman–Crippen LogP) is 2.65. The number of carbonyl (C=O) groups is 6. The molecule has 0 radical (unpaired) electrons. The predicted molar refractivity (Wildman–Crippen MR) is 196 cm³/mol. The number of hydrogen-bond acceptors (Lipinski definition) is 9. The molecule has 4 aromatic rings. The molecule has 4 aromatic heterocycles. The number of ketones is 1. The maximum absolute atomic E-state index is 12.5. The zero-order chi connectivity index (χ0) is 39.3. The molecule has 0 aliphatic carbocycles. The molecule has 19 heteroatoms. The van der Waals surface area contributed by atoms with Gasteiger partial charge in [-0.05, 0) is 65.8 Å². The van der Waals surface area contributed by atoms with Crippen LogP contribution in [-0.2, 0) is 37.7 Å². The Morgan fingerprint density at radius 3 is 1.09 bits per heavy atom. The van der Waals surface area contributed by atoms with E-state index in [9.17, 15) is 28.8 Å². The van der Waals surface area contributed by atoms with E-state index in [1.165, 1.54) is 29.8 Å². The molecule has 4 heterocycles. The van der Waals surface area contributed by atoms with Crippen molar-refractivity contribution in [3.8, 4) is 0 Å². The van der Waals surface area contributed by atoms with E-state index in [1.807, 2.05) is 0 Å². The molecule has 288 valence electrons. The summed E-state index contributed by atoms with van der Waals surface area (Å²) in [5.41, 5.74) is 1.69. The first-order chi connectivity index (χ1) is 23.9. The van der Waals surface area contributed by atoms with Crippen LogP contribution in [0.1, 0.15) is 90.4 Å². The van der Waals surface area contributed by atoms with E-state index in [-0.39, 0.29) is 58.1 Å². The van der Waals surface area contributed by atoms with Gasteiger partial charge < -0.3 is 49.0 Å². The number of aryl methyl sites for hydroxylation is 4. The second-order valence-electron chi connectivity index (χ2n) is 13.9. The molecule has 6 N–H and O–H groups in total. The van der Waals surface area contributed by atoms with Crippen molar-refractivity contribution in [2.75, 3.05) is 21.3 Å². The molecular weight excluding hydrogens is 715 g/mol. The van der Waals surface area contributed by atoms with Gasteiger partial charge in [0.2, 0.25) is 0 Å². The number of amides is 4. The van der Waals surface area contributed by atoms with Gasteiger partial charge in [0, 0.05) is 59.9 Å². The van der Waals surface area contributed by atoms with Crippen molar-refractivity contribution in [3.05, 3.63) is 71.8 Å². The average molecular weight is 763 g/mol. The van der Waals surface area contributed by atoms with Crippen molar-refractivity contribution in [3.63, 3.8) is 0 Å². The van der Waals surface area contributed by atoms with Crippen LogP contribution >= 0.6 is 0 Å². The van der Waals surface area contributed by atoms with Crippen LogP contribution in [0, 0.1) is 0 Å². The third-order valence-electron chi connectivity index (χ3n) is 6.87. The summed E-state index contributed by atoms with van der Waals surface area (Å²) in [6, 6.07) is 6.03. The Kier molecular flexibility index (Phi) is 16.1. The van der Waals surface area contributed by atoms with Gasteiger partial charge >= 0.3 is 47.7 Å². The average Bonchev–Trinajstić information content (AvgIpc) is 3.72. The first kappa shape index (κ1) is 46.7. The molecule has 4 rings (SSSR count). The van der Waals surface area contributed by atoms with Crippen molar-refractivity contribution in [2.24, 2.45) is 28.2 Å². The number of carboxylic acids is 1. The van der Waals surface area contributed by atoms with Crippen LogP contribution in [-0.4, -0.2) is 75.8 Å². The second kappa shape index (κ2) is 18.6. The van der Waals surface area contributed by atoms with Gasteiger partial charge in [-0.15, -0.1) is 0 Å². The molecule has 0 aromatic carbocycles. The molecule has 0 aliphatic heterocycles. The topological polar surface area (TPSA) is 239 Å². The smallest absolute Gasteiger partial charge is 0.870 e. The first-order valence-electron chi connectivity index (χ1n) is 15.9. The fourth-order valence-electron chi connectivity index (χ4n) is 4.78. The van der Waals surface area contributed by atoms with Crippen LogP contribution in [0.15, 0.2) is 49.1 Å². The number of rotatable bonds is 8. The van der Waals surface area contributed by atoms with Crippen LogP contribution in [0.4, 0.5) is 32.3 Å². The maximum atomic E-state index is 12.5. The number of nitrogens with one attached hydrogen (secondary N) is 4. The SMILES string of the molecule is CC(=O)c1cc(NC(=O)c2cc(NC(=O)OC(C)(C)C)cn2C)cn1C.Cn1cc(NC(=O)c2cc(NC(=O)OC(C)(C)C)cn2C)cc1C(=O)O.[Na+].[OH-]. The minimum atomic E-state index is -1.09. The number of aromatic carboxylic acids is 1. The summed E-state index contributed by atoms with van der Waals surface area (Å²) < 4.78 is 16.5. The largest absolute Gasteiger partial charge is 1.00 e. The van der Waals surface area contributed by atoms with E-state index in [4.69, 9.17) is 14.6 Å². The molecule has 0 spiro atoms. The number of carboxylic acid groups (broad SMARTS) is 1. The van der Waals surface area contributed by atoms with Crippen molar-refractivity contribution in [1.82, 2.24) is 18.3 Å². The van der Waals surface area contributed by atoms with Crippen molar-refractivity contribution >= 4 is 58.5 Å². The molecule has 4 amide bonds. The summed E-state index contributed by atoms with van der Waals surface area (Å²) in [6.45, 7) is 12.0. The number of hydrogen-bond donors (Lipinski definition) is 5. The summed E-state index contributed by atoms with van der Waals surface area (Å²) in [4.78, 5) is 71.1. The monoisotopic (exact) mass is 762 g/mol. The Balaban J connectivity index is 0.000000521. The van der Waals surface area contributed by atoms with E-state index < -0.39 is 35.3 Å². The molecular formula is C35H47N8NaO10. The molecule has 54 heavy (non-hydrogen) atoms. The van der Waals surface area contributed by atoms with E-state index in [1.54, 1.807) is 114 Å². The zero-order valence-electron chi connectivity index (χ0n) is 32.6. The molecule has 0 saturated heterocycles. The van der Waals surface area contributed by atoms with Gasteiger partial charge in [-0.25, -0.2) is 14.4 Å². The first-order valence-corrected chi connectivity index (χ1v) is 15.9. The van der Waals surface area contributed by atoms with Crippen molar-refractivity contribution in [2.45, 2.75) is 59.7 Å². The minimum Gasteiger partial charge on any atom is -0.870 e. The van der Waals surface area contributed by atoms with Gasteiger partial charge in [-0.1, -0.05) is 0 Å². The van der Waals surface area contributed by atoms with Gasteiger partial charge in [0.05, 0.1) is 28.4 Å². The van der Waals surface area contributed by atoms with Crippen molar-refractivity contribution in [1.29, 1.82) is 0 Å². The van der Waals surface area contributed by atoms with Gasteiger partial charge in [0.15, 0.2) is 5.78 Å². The minimum absolute atomic E-state index is 0. The van der Waals surface area contributed by atoms with E-state index in [2.05, 4.69) is 21.3 Å². The molecule has 0 fully saturated rings. The number of anilines is 4. The van der Waals surface area contributed by atoms with Gasteiger partial charge in [0.1, 0.15) is 28.3 Å². The Bertz CT molecular complexity index is 1860. The number of aromatic nitrogens is 4. The van der Waals surface area contributed by atoms with E-state index >= 15 is 0 Å². The third kappa shape index (κ3) is 13.6. The van der Waals surface area contributed by atoms with Gasteiger partial charge in [-0.2, -0.15) is 0 Å². The summed E-state index contributed by atoms with van der Waals surface area (Å²) in [7, 11) is 6.66. The van der Waals surface area contributed by atoms with E-state index in [0.717, 1.165) is 0 Å². The zero-order valence-corrected chi connectivity index (χ0v) is 34.6. The third-order valence-corrected chi connectivity index (χ3v) is 6.87. The van der Waals surface area contributed by atoms with Gasteiger partial charge in [0.25, 0.3) is 11.8 Å². The normalized spacial score (nSPS) is 10.7. The number of Topliss-reactive ketones (excluding diaryl/α,β-unsaturated/α-hetero) is 1. The van der Waals surface area contributed by atoms with Gasteiger partial charge in [-0.3, -0.25) is 25.0 Å². The van der Waals surface area contributed by atoms with Crippen LogP contribution in [0.3, 0.4) is 0 Å². The maximum Gasteiger partial charge on any atom is 1.00 e. The molecule has 18 nitrogen and oxygen atoms in total. The van der Waals surface area contributed by atoms with Crippen LogP contribution in [0.5, 0.6) is 0 Å². The Morgan fingerprint density at radius 1 is 0.537 bits per heavy atom. The standard InChI is InChI=1S/C18H24N4O4.C17H22N4O5.Na.H2O/c1-11(23)14-7-12(9-21(14)5)19-16(24)15-8-13(10-22(15)6)20-17(25)26-18(2,3)4;1-17(2,3)26-16(25)19-11-6-12(20(4)9-11)14(22)18-10-7-13(15(23)24)21(5)8-10;;/h7-10H,1-6H3,(H,19,24)(H,20,25);6-9H,1-5H3,(H,18,22)(H,19,25)(H,23,24);;1H2/q;;+1;/p-1. The molecule has 0 aliphatic rings. The van der Waals surface area contributed by atoms with Crippen LogP contribution in [0.25, 0.3) is 0 Å². The summed E-state index contributed by atoms with van der Waals surface area (Å²) in [6.07, 6.45) is 5.15. The second-order valence-corrected chi connectivity index (χ2v) is 13.9. The summed E-state index contributed by atoms with van der Waals surface area (Å²) >= 11 is 0. The molecule has 0 atom stereocenters.